The Labute approximate surface area is 213 Å². The van der Waals surface area contributed by atoms with E-state index in [0.717, 1.165) is 64.2 Å². The maximum absolute atomic E-state index is 12.3. The quantitative estimate of drug-likeness (QED) is 0.125. The minimum atomic E-state index is -4.54. The molecule has 0 aliphatic carbocycles. The summed E-state index contributed by atoms with van der Waals surface area (Å²) in [6, 6.07) is 2.87. The van der Waals surface area contributed by atoms with Gasteiger partial charge in [0.25, 0.3) is 20.2 Å². The van der Waals surface area contributed by atoms with Crippen molar-refractivity contribution in [1.82, 2.24) is 0 Å². The van der Waals surface area contributed by atoms with Crippen LogP contribution in [-0.4, -0.2) is 31.0 Å². The van der Waals surface area contributed by atoms with Gasteiger partial charge in [0.2, 0.25) is 0 Å². The van der Waals surface area contributed by atoms with E-state index in [-0.39, 0.29) is 29.7 Å². The van der Waals surface area contributed by atoms with Crippen molar-refractivity contribution < 1.29 is 31.0 Å². The molecule has 0 aliphatic heterocycles. The van der Waals surface area contributed by atoms with Crippen molar-refractivity contribution in [2.45, 2.75) is 128 Å². The Morgan fingerprint density at radius 2 is 1.09 bits per heavy atom. The Bertz CT molecular complexity index is 956. The molecule has 0 bridgehead atoms. The van der Waals surface area contributed by atoms with Crippen molar-refractivity contribution in [2.75, 3.05) is 0 Å². The number of rotatable bonds is 19. The molecule has 7 nitrogen and oxygen atoms in total. The Morgan fingerprint density at radius 1 is 0.657 bits per heavy atom. The lowest BCUT2D eigenvalue weighted by Gasteiger charge is -2.22. The molecule has 0 saturated carbocycles. The van der Waals surface area contributed by atoms with Crippen molar-refractivity contribution in [1.29, 1.82) is 0 Å². The predicted octanol–water partition coefficient (Wildman–Crippen LogP) is 7.31. The van der Waals surface area contributed by atoms with E-state index >= 15 is 0 Å². The summed E-state index contributed by atoms with van der Waals surface area (Å²) in [5.74, 6) is -0.237. The van der Waals surface area contributed by atoms with Gasteiger partial charge < -0.3 is 5.11 Å². The van der Waals surface area contributed by atoms with Gasteiger partial charge in [-0.25, -0.2) is 0 Å². The van der Waals surface area contributed by atoms with E-state index in [9.17, 15) is 31.0 Å². The highest BCUT2D eigenvalue weighted by atomic mass is 32.2. The summed E-state index contributed by atoms with van der Waals surface area (Å²) in [6.45, 7) is 6.01. The monoisotopic (exact) mass is 534 g/mol. The molecule has 1 aromatic rings. The standard InChI is InChI=1S/C26H46O7S2/c1-4-7-9-11-13-15-17-24(34(28,29)30)22-19-21(6-3)26(27)23(20-22)25(35(31,32)33)18-16-14-12-10-8-5-2/h19-20,24-25,27H,4-18H2,1-3H3,(H,28,29,30)(H,31,32,33). The average molecular weight is 535 g/mol. The Morgan fingerprint density at radius 3 is 1.51 bits per heavy atom. The Kier molecular flexibility index (Phi) is 14.4. The summed E-state index contributed by atoms with van der Waals surface area (Å²) in [5, 5.41) is 8.25. The molecule has 2 unspecified atom stereocenters. The third-order valence-corrected chi connectivity index (χ3v) is 9.13. The number of hydrogen-bond donors (Lipinski definition) is 3. The number of aryl methyl sites for hydroxylation is 1. The number of phenolic OH excluding ortho intramolecular Hbond substituents is 1. The van der Waals surface area contributed by atoms with E-state index in [1.165, 1.54) is 12.1 Å². The second-order valence-corrected chi connectivity index (χ2v) is 12.8. The molecule has 35 heavy (non-hydrogen) atoms. The maximum Gasteiger partial charge on any atom is 0.272 e. The van der Waals surface area contributed by atoms with Crippen LogP contribution in [0.25, 0.3) is 0 Å². The highest BCUT2D eigenvalue weighted by molar-refractivity contribution is 7.86. The first-order chi connectivity index (χ1) is 16.5. The number of benzene rings is 1. The van der Waals surface area contributed by atoms with Gasteiger partial charge >= 0.3 is 0 Å². The van der Waals surface area contributed by atoms with Crippen LogP contribution in [0.2, 0.25) is 0 Å². The summed E-state index contributed by atoms with van der Waals surface area (Å²) in [5.41, 5.74) is 0.653. The molecule has 0 saturated heterocycles. The van der Waals surface area contributed by atoms with Crippen molar-refractivity contribution >= 4 is 20.2 Å². The van der Waals surface area contributed by atoms with Gasteiger partial charge in [0, 0.05) is 5.56 Å². The van der Waals surface area contributed by atoms with E-state index in [2.05, 4.69) is 13.8 Å². The van der Waals surface area contributed by atoms with E-state index in [4.69, 9.17) is 0 Å². The lowest BCUT2D eigenvalue weighted by Crippen LogP contribution is -2.16. The fourth-order valence-electron chi connectivity index (χ4n) is 4.62. The zero-order chi connectivity index (χ0) is 26.5. The van der Waals surface area contributed by atoms with Crippen LogP contribution in [0.3, 0.4) is 0 Å². The van der Waals surface area contributed by atoms with Crippen LogP contribution >= 0.6 is 0 Å². The van der Waals surface area contributed by atoms with E-state index in [1.54, 1.807) is 6.92 Å². The van der Waals surface area contributed by atoms with Gasteiger partial charge in [0.1, 0.15) is 16.2 Å². The fourth-order valence-corrected chi connectivity index (χ4v) is 6.53. The predicted molar refractivity (Wildman–Crippen MR) is 142 cm³/mol. The normalized spacial score (nSPS) is 14.2. The first kappa shape index (κ1) is 31.9. The van der Waals surface area contributed by atoms with Crippen LogP contribution in [-0.2, 0) is 26.7 Å². The van der Waals surface area contributed by atoms with Crippen LogP contribution < -0.4 is 0 Å². The zero-order valence-electron chi connectivity index (χ0n) is 21.7. The largest absolute Gasteiger partial charge is 0.507 e. The van der Waals surface area contributed by atoms with E-state index in [0.29, 0.717) is 24.8 Å². The number of phenols is 1. The molecule has 0 spiro atoms. The molecule has 0 radical (unpaired) electrons. The highest BCUT2D eigenvalue weighted by Crippen LogP contribution is 2.40. The molecule has 0 aromatic heterocycles. The van der Waals surface area contributed by atoms with Gasteiger partial charge in [-0.3, -0.25) is 9.11 Å². The molecule has 1 rings (SSSR count). The van der Waals surface area contributed by atoms with Crippen molar-refractivity contribution in [3.63, 3.8) is 0 Å². The first-order valence-corrected chi connectivity index (χ1v) is 16.3. The van der Waals surface area contributed by atoms with Crippen molar-refractivity contribution in [3.8, 4) is 5.75 Å². The maximum atomic E-state index is 12.3. The second kappa shape index (κ2) is 15.8. The third kappa shape index (κ3) is 11.2. The van der Waals surface area contributed by atoms with Crippen LogP contribution in [0.15, 0.2) is 12.1 Å². The molecule has 0 aliphatic rings. The highest BCUT2D eigenvalue weighted by Gasteiger charge is 2.32. The average Bonchev–Trinajstić information content (AvgIpc) is 2.77. The molecule has 0 amide bonds. The van der Waals surface area contributed by atoms with Gasteiger partial charge in [-0.05, 0) is 36.5 Å². The summed E-state index contributed by atoms with van der Waals surface area (Å²) >= 11 is 0. The molecule has 0 fully saturated rings. The van der Waals surface area contributed by atoms with Crippen LogP contribution in [0, 0.1) is 0 Å². The van der Waals surface area contributed by atoms with Gasteiger partial charge in [0.05, 0.1) is 0 Å². The molecule has 0 heterocycles. The van der Waals surface area contributed by atoms with Gasteiger partial charge in [-0.15, -0.1) is 0 Å². The van der Waals surface area contributed by atoms with Gasteiger partial charge in [-0.2, -0.15) is 16.8 Å². The minimum Gasteiger partial charge on any atom is -0.507 e. The van der Waals surface area contributed by atoms with Crippen LogP contribution in [0.4, 0.5) is 0 Å². The molecular formula is C26H46O7S2. The lowest BCUT2D eigenvalue weighted by molar-refractivity contribution is 0.437. The zero-order valence-corrected chi connectivity index (χ0v) is 23.3. The molecule has 9 heteroatoms. The molecule has 3 N–H and O–H groups in total. The number of unbranched alkanes of at least 4 members (excludes halogenated alkanes) is 10. The van der Waals surface area contributed by atoms with E-state index in [1.807, 2.05) is 0 Å². The Hall–Kier alpha value is -1.16. The number of aromatic hydroxyl groups is 1. The first-order valence-electron chi connectivity index (χ1n) is 13.3. The smallest absolute Gasteiger partial charge is 0.272 e. The van der Waals surface area contributed by atoms with Crippen LogP contribution in [0.1, 0.15) is 138 Å². The molecule has 1 aromatic carbocycles. The molecule has 2 atom stereocenters. The van der Waals surface area contributed by atoms with Gasteiger partial charge in [-0.1, -0.05) is 104 Å². The minimum absolute atomic E-state index is 0.00649. The SMILES string of the molecule is CCCCCCCCC(c1cc(CC)c(O)c(C(CCCCCCCC)S(=O)(=O)O)c1)S(=O)(=O)O. The summed E-state index contributed by atoms with van der Waals surface area (Å²) in [7, 11) is -9.00. The van der Waals surface area contributed by atoms with Gasteiger partial charge in [0.15, 0.2) is 0 Å². The fraction of sp³-hybridized carbons (Fsp3) is 0.769. The van der Waals surface area contributed by atoms with E-state index < -0.39 is 30.7 Å². The lowest BCUT2D eigenvalue weighted by atomic mass is 9.94. The third-order valence-electron chi connectivity index (χ3n) is 6.70. The Balaban J connectivity index is 3.23. The van der Waals surface area contributed by atoms with Crippen LogP contribution in [0.5, 0.6) is 5.75 Å². The van der Waals surface area contributed by atoms with Crippen molar-refractivity contribution in [2.24, 2.45) is 0 Å². The summed E-state index contributed by atoms with van der Waals surface area (Å²) in [4.78, 5) is 0. The topological polar surface area (TPSA) is 129 Å². The second-order valence-electron chi connectivity index (χ2n) is 9.59. The number of hydrogen-bond acceptors (Lipinski definition) is 5. The molecule has 204 valence electrons. The summed E-state index contributed by atoms with van der Waals surface area (Å²) in [6.07, 6.45) is 12.0. The summed E-state index contributed by atoms with van der Waals surface area (Å²) < 4.78 is 69.1. The van der Waals surface area contributed by atoms with Crippen molar-refractivity contribution in [3.05, 3.63) is 28.8 Å². The molecular weight excluding hydrogens is 488 g/mol.